The zero-order chi connectivity index (χ0) is 21.0. The fraction of sp³-hybridized carbons (Fsp3) is 0.500. The number of benzene rings is 1. The second-order valence-electron chi connectivity index (χ2n) is 7.60. The van der Waals surface area contributed by atoms with Crippen molar-refractivity contribution in [2.24, 2.45) is 4.99 Å². The first kappa shape index (κ1) is 22.1. The fourth-order valence-electron chi connectivity index (χ4n) is 3.86. The highest BCUT2D eigenvalue weighted by Crippen LogP contribution is 2.26. The van der Waals surface area contributed by atoms with Gasteiger partial charge in [0, 0.05) is 31.4 Å². The zero-order valence-electron chi connectivity index (χ0n) is 18.3. The Bertz CT molecular complexity index is 757. The highest BCUT2D eigenvalue weighted by Gasteiger charge is 2.22. The molecule has 0 saturated carbocycles. The quantitative estimate of drug-likeness (QED) is 0.491. The molecule has 2 aromatic rings. The van der Waals surface area contributed by atoms with Crippen LogP contribution in [0.3, 0.4) is 0 Å². The van der Waals surface area contributed by atoms with Crippen molar-refractivity contribution in [3.8, 4) is 5.75 Å². The van der Waals surface area contributed by atoms with Crippen molar-refractivity contribution in [1.82, 2.24) is 20.5 Å². The summed E-state index contributed by atoms with van der Waals surface area (Å²) >= 11 is 0. The maximum Gasteiger partial charge on any atom is 0.191 e. The van der Waals surface area contributed by atoms with Crippen LogP contribution in [0, 0.1) is 0 Å². The zero-order valence-corrected chi connectivity index (χ0v) is 18.3. The molecule has 3 rings (SSSR count). The second-order valence-corrected chi connectivity index (χ2v) is 7.60. The monoisotopic (exact) mass is 409 g/mol. The molecule has 30 heavy (non-hydrogen) atoms. The van der Waals surface area contributed by atoms with E-state index in [9.17, 15) is 0 Å². The molecule has 1 saturated heterocycles. The lowest BCUT2D eigenvalue weighted by Crippen LogP contribution is -2.40. The molecule has 6 heteroatoms. The highest BCUT2D eigenvalue weighted by atomic mass is 16.5. The van der Waals surface area contributed by atoms with Crippen molar-refractivity contribution in [3.05, 3.63) is 59.9 Å². The predicted molar refractivity (Wildman–Crippen MR) is 123 cm³/mol. The largest absolute Gasteiger partial charge is 0.497 e. The third-order valence-corrected chi connectivity index (χ3v) is 5.50. The summed E-state index contributed by atoms with van der Waals surface area (Å²) in [6, 6.07) is 14.8. The van der Waals surface area contributed by atoms with Gasteiger partial charge in [0.25, 0.3) is 0 Å². The minimum Gasteiger partial charge on any atom is -0.497 e. The van der Waals surface area contributed by atoms with Crippen LogP contribution >= 0.6 is 0 Å². The Balaban J connectivity index is 1.66. The first-order valence-electron chi connectivity index (χ1n) is 11.1. The number of pyridine rings is 1. The number of likely N-dealkylation sites (tertiary alicyclic amines) is 1. The molecule has 0 bridgehead atoms. The van der Waals surface area contributed by atoms with Crippen LogP contribution in [0.1, 0.15) is 43.5 Å². The van der Waals surface area contributed by atoms with Crippen LogP contribution in [0.2, 0.25) is 0 Å². The van der Waals surface area contributed by atoms with Gasteiger partial charge in [-0.3, -0.25) is 14.9 Å². The minimum absolute atomic E-state index is 0.280. The molecule has 1 aliphatic rings. The highest BCUT2D eigenvalue weighted by molar-refractivity contribution is 5.79. The number of guanidine groups is 1. The molecule has 2 heterocycles. The summed E-state index contributed by atoms with van der Waals surface area (Å²) in [5.41, 5.74) is 2.39. The lowest BCUT2D eigenvalue weighted by molar-refractivity contribution is 0.167. The fourth-order valence-corrected chi connectivity index (χ4v) is 3.86. The SMILES string of the molecule is CCNC(=NCC(c1ccc(OC)cc1)N1CCCCC1)NCCc1ccccn1. The van der Waals surface area contributed by atoms with Crippen LogP contribution in [-0.4, -0.2) is 55.7 Å². The summed E-state index contributed by atoms with van der Waals surface area (Å²) in [6.45, 7) is 6.74. The standard InChI is InChI=1S/C24H35N5O/c1-3-25-24(27-16-14-21-9-5-6-15-26-21)28-19-23(29-17-7-4-8-18-29)20-10-12-22(30-2)13-11-20/h5-6,9-13,15,23H,3-4,7-8,14,16-19H2,1-2H3,(H2,25,27,28). The normalized spacial score (nSPS) is 16.1. The van der Waals surface area contributed by atoms with Gasteiger partial charge in [-0.25, -0.2) is 0 Å². The van der Waals surface area contributed by atoms with Gasteiger partial charge in [0.05, 0.1) is 19.7 Å². The summed E-state index contributed by atoms with van der Waals surface area (Å²) in [7, 11) is 1.71. The van der Waals surface area contributed by atoms with E-state index in [-0.39, 0.29) is 6.04 Å². The minimum atomic E-state index is 0.280. The van der Waals surface area contributed by atoms with Gasteiger partial charge in [-0.15, -0.1) is 0 Å². The Morgan fingerprint density at radius 3 is 2.57 bits per heavy atom. The van der Waals surface area contributed by atoms with Crippen molar-refractivity contribution in [3.63, 3.8) is 0 Å². The summed E-state index contributed by atoms with van der Waals surface area (Å²) < 4.78 is 5.34. The molecule has 6 nitrogen and oxygen atoms in total. The van der Waals surface area contributed by atoms with E-state index in [1.807, 2.05) is 30.5 Å². The average molecular weight is 410 g/mol. The topological polar surface area (TPSA) is 61.8 Å². The van der Waals surface area contributed by atoms with Crippen LogP contribution in [0.15, 0.2) is 53.7 Å². The van der Waals surface area contributed by atoms with E-state index < -0.39 is 0 Å². The summed E-state index contributed by atoms with van der Waals surface area (Å²) in [4.78, 5) is 11.9. The molecule has 1 aromatic carbocycles. The van der Waals surface area contributed by atoms with Crippen molar-refractivity contribution >= 4 is 5.96 Å². The van der Waals surface area contributed by atoms with E-state index in [0.29, 0.717) is 0 Å². The maximum atomic E-state index is 5.34. The summed E-state index contributed by atoms with van der Waals surface area (Å²) in [5, 5.41) is 6.83. The molecule has 0 amide bonds. The van der Waals surface area contributed by atoms with E-state index in [2.05, 4.69) is 45.6 Å². The van der Waals surface area contributed by atoms with E-state index in [1.54, 1.807) is 7.11 Å². The second kappa shape index (κ2) is 12.2. The molecule has 1 aromatic heterocycles. The van der Waals surface area contributed by atoms with Crippen LogP contribution in [-0.2, 0) is 6.42 Å². The Labute approximate surface area is 180 Å². The molecular weight excluding hydrogens is 374 g/mol. The Hall–Kier alpha value is -2.60. The number of methoxy groups -OCH3 is 1. The summed E-state index contributed by atoms with van der Waals surface area (Å²) in [6.07, 6.45) is 6.57. The lowest BCUT2D eigenvalue weighted by atomic mass is 10.0. The van der Waals surface area contributed by atoms with Gasteiger partial charge in [0.15, 0.2) is 5.96 Å². The van der Waals surface area contributed by atoms with Gasteiger partial charge >= 0.3 is 0 Å². The molecule has 1 fully saturated rings. The number of nitrogens with one attached hydrogen (secondary N) is 2. The van der Waals surface area contributed by atoms with Gasteiger partial charge in [-0.05, 0) is 62.7 Å². The third-order valence-electron chi connectivity index (χ3n) is 5.50. The van der Waals surface area contributed by atoms with Gasteiger partial charge < -0.3 is 15.4 Å². The third kappa shape index (κ3) is 6.73. The Kier molecular flexibility index (Phi) is 8.97. The van der Waals surface area contributed by atoms with Gasteiger partial charge in [0.2, 0.25) is 0 Å². The van der Waals surface area contributed by atoms with Gasteiger partial charge in [0.1, 0.15) is 5.75 Å². The molecule has 1 unspecified atom stereocenters. The number of aliphatic imine (C=N–C) groups is 1. The number of nitrogens with zero attached hydrogens (tertiary/aromatic N) is 3. The molecule has 162 valence electrons. The first-order chi connectivity index (χ1) is 14.8. The van der Waals surface area contributed by atoms with E-state index in [0.717, 1.165) is 56.5 Å². The number of ether oxygens (including phenoxy) is 1. The van der Waals surface area contributed by atoms with Crippen LogP contribution in [0.4, 0.5) is 0 Å². The molecule has 0 radical (unpaired) electrons. The lowest BCUT2D eigenvalue weighted by Gasteiger charge is -2.34. The van der Waals surface area contributed by atoms with E-state index >= 15 is 0 Å². The van der Waals surface area contributed by atoms with Crippen molar-refractivity contribution < 1.29 is 4.74 Å². The van der Waals surface area contributed by atoms with Gasteiger partial charge in [-0.2, -0.15) is 0 Å². The molecule has 1 atom stereocenters. The number of aromatic nitrogens is 1. The van der Waals surface area contributed by atoms with Crippen molar-refractivity contribution in [2.75, 3.05) is 39.8 Å². The number of rotatable bonds is 9. The number of hydrogen-bond acceptors (Lipinski definition) is 4. The van der Waals surface area contributed by atoms with E-state index in [1.165, 1.54) is 24.8 Å². The Morgan fingerprint density at radius 2 is 1.90 bits per heavy atom. The molecular formula is C24H35N5O. The Morgan fingerprint density at radius 1 is 1.10 bits per heavy atom. The van der Waals surface area contributed by atoms with E-state index in [4.69, 9.17) is 9.73 Å². The number of piperidine rings is 1. The smallest absolute Gasteiger partial charge is 0.191 e. The molecule has 0 aliphatic carbocycles. The van der Waals surface area contributed by atoms with Crippen LogP contribution < -0.4 is 15.4 Å². The number of hydrogen-bond donors (Lipinski definition) is 2. The van der Waals surface area contributed by atoms with Crippen LogP contribution in [0.25, 0.3) is 0 Å². The summed E-state index contributed by atoms with van der Waals surface area (Å²) in [5.74, 6) is 1.76. The average Bonchev–Trinajstić information content (AvgIpc) is 2.81. The van der Waals surface area contributed by atoms with Crippen molar-refractivity contribution in [1.29, 1.82) is 0 Å². The molecule has 1 aliphatic heterocycles. The molecule has 2 N–H and O–H groups in total. The predicted octanol–water partition coefficient (Wildman–Crippen LogP) is 3.42. The van der Waals surface area contributed by atoms with Crippen LogP contribution in [0.5, 0.6) is 5.75 Å². The van der Waals surface area contributed by atoms with Gasteiger partial charge in [-0.1, -0.05) is 24.6 Å². The maximum absolute atomic E-state index is 5.34. The molecule has 0 spiro atoms. The van der Waals surface area contributed by atoms with Crippen molar-refractivity contribution in [2.45, 2.75) is 38.6 Å². The first-order valence-corrected chi connectivity index (χ1v) is 11.1.